The van der Waals surface area contributed by atoms with Crippen LogP contribution in [0.1, 0.15) is 11.3 Å². The molecule has 0 bridgehead atoms. The Morgan fingerprint density at radius 2 is 2.08 bits per heavy atom. The number of pyridine rings is 1. The van der Waals surface area contributed by atoms with Crippen molar-refractivity contribution in [1.82, 2.24) is 4.98 Å². The third-order valence-corrected chi connectivity index (χ3v) is 1.30. The van der Waals surface area contributed by atoms with Crippen molar-refractivity contribution in [3.63, 3.8) is 0 Å². The molecule has 1 rings (SSSR count). The van der Waals surface area contributed by atoms with Crippen molar-refractivity contribution in [2.24, 2.45) is 0 Å². The van der Waals surface area contributed by atoms with Crippen LogP contribution in [0.15, 0.2) is 12.3 Å². The van der Waals surface area contributed by atoms with E-state index in [4.69, 9.17) is 11.0 Å². The van der Waals surface area contributed by atoms with Gasteiger partial charge in [-0.3, -0.25) is 0 Å². The normalized spacial score (nSPS) is 10.9. The Labute approximate surface area is 71.6 Å². The van der Waals surface area contributed by atoms with Crippen molar-refractivity contribution < 1.29 is 13.2 Å². The first-order valence-corrected chi connectivity index (χ1v) is 3.18. The zero-order chi connectivity index (χ0) is 10.1. The molecule has 0 aliphatic heterocycles. The molecule has 0 spiro atoms. The highest BCUT2D eigenvalue weighted by Crippen LogP contribution is 2.30. The summed E-state index contributed by atoms with van der Waals surface area (Å²) in [5, 5.41) is 8.36. The average molecular weight is 187 g/mol. The molecule has 1 aromatic rings. The molecule has 0 aromatic carbocycles. The van der Waals surface area contributed by atoms with E-state index in [2.05, 4.69) is 4.98 Å². The van der Waals surface area contributed by atoms with Crippen LogP contribution in [0.2, 0.25) is 0 Å². The predicted molar refractivity (Wildman–Crippen MR) is 38.4 cm³/mol. The number of nitrogens with zero attached hydrogens (tertiary/aromatic N) is 2. The van der Waals surface area contributed by atoms with Crippen molar-refractivity contribution in [3.05, 3.63) is 23.5 Å². The van der Waals surface area contributed by atoms with Gasteiger partial charge in [-0.15, -0.1) is 0 Å². The Balaban J connectivity index is 3.32. The van der Waals surface area contributed by atoms with Crippen LogP contribution in [0.25, 0.3) is 0 Å². The van der Waals surface area contributed by atoms with Gasteiger partial charge in [0, 0.05) is 0 Å². The van der Waals surface area contributed by atoms with Gasteiger partial charge < -0.3 is 5.73 Å². The summed E-state index contributed by atoms with van der Waals surface area (Å²) in [6, 6.07) is 2.32. The molecule has 1 heterocycles. The third kappa shape index (κ3) is 1.87. The molecule has 0 radical (unpaired) electrons. The van der Waals surface area contributed by atoms with Crippen LogP contribution in [-0.4, -0.2) is 4.98 Å². The van der Waals surface area contributed by atoms with E-state index >= 15 is 0 Å². The molecule has 2 N–H and O–H groups in total. The van der Waals surface area contributed by atoms with Crippen molar-refractivity contribution in [2.75, 3.05) is 5.73 Å². The standard InChI is InChI=1S/C7H4F3N3/c8-7(9,10)6-4(2-11)1-5(12)3-13-6/h1,3H,12H2. The number of nitrogen functional groups attached to an aromatic ring is 1. The fraction of sp³-hybridized carbons (Fsp3) is 0.143. The van der Waals surface area contributed by atoms with Gasteiger partial charge in [-0.25, -0.2) is 4.98 Å². The number of anilines is 1. The largest absolute Gasteiger partial charge is 0.434 e. The lowest BCUT2D eigenvalue weighted by atomic mass is 10.2. The van der Waals surface area contributed by atoms with E-state index < -0.39 is 17.4 Å². The maximum atomic E-state index is 12.1. The highest BCUT2D eigenvalue weighted by molar-refractivity contribution is 5.46. The van der Waals surface area contributed by atoms with Crippen LogP contribution in [0, 0.1) is 11.3 Å². The molecule has 0 fully saturated rings. The smallest absolute Gasteiger partial charge is 0.397 e. The first-order valence-electron chi connectivity index (χ1n) is 3.18. The van der Waals surface area contributed by atoms with Gasteiger partial charge in [-0.1, -0.05) is 0 Å². The molecule has 0 amide bonds. The van der Waals surface area contributed by atoms with Gasteiger partial charge in [0.25, 0.3) is 0 Å². The van der Waals surface area contributed by atoms with Gasteiger partial charge in [0.15, 0.2) is 5.69 Å². The van der Waals surface area contributed by atoms with Gasteiger partial charge in [0.2, 0.25) is 0 Å². The van der Waals surface area contributed by atoms with Crippen LogP contribution in [0.4, 0.5) is 18.9 Å². The van der Waals surface area contributed by atoms with E-state index in [0.29, 0.717) is 0 Å². The summed E-state index contributed by atoms with van der Waals surface area (Å²) in [6.07, 6.45) is -3.75. The summed E-state index contributed by atoms with van der Waals surface area (Å²) in [7, 11) is 0. The second kappa shape index (κ2) is 2.94. The minimum absolute atomic E-state index is 0.0320. The molecule has 0 saturated heterocycles. The van der Waals surface area contributed by atoms with E-state index in [9.17, 15) is 13.2 Å². The quantitative estimate of drug-likeness (QED) is 0.670. The maximum absolute atomic E-state index is 12.1. The monoisotopic (exact) mass is 187 g/mol. The molecule has 0 aliphatic carbocycles. The molecule has 13 heavy (non-hydrogen) atoms. The highest BCUT2D eigenvalue weighted by Gasteiger charge is 2.35. The Morgan fingerprint density at radius 3 is 2.54 bits per heavy atom. The number of hydrogen-bond acceptors (Lipinski definition) is 3. The minimum Gasteiger partial charge on any atom is -0.397 e. The number of rotatable bonds is 0. The topological polar surface area (TPSA) is 62.7 Å². The van der Waals surface area contributed by atoms with Crippen molar-refractivity contribution >= 4 is 5.69 Å². The summed E-state index contributed by atoms with van der Waals surface area (Å²) < 4.78 is 36.3. The van der Waals surface area contributed by atoms with Crippen molar-refractivity contribution in [3.8, 4) is 6.07 Å². The van der Waals surface area contributed by atoms with Crippen LogP contribution in [0.3, 0.4) is 0 Å². The fourth-order valence-corrected chi connectivity index (χ4v) is 0.792. The zero-order valence-electron chi connectivity index (χ0n) is 6.26. The van der Waals surface area contributed by atoms with Gasteiger partial charge in [-0.2, -0.15) is 18.4 Å². The van der Waals surface area contributed by atoms with E-state index in [1.165, 1.54) is 6.07 Å². The van der Waals surface area contributed by atoms with Crippen LogP contribution in [0.5, 0.6) is 0 Å². The first-order chi connectivity index (χ1) is 5.95. The van der Waals surface area contributed by atoms with Crippen LogP contribution in [-0.2, 0) is 6.18 Å². The molecule has 0 unspecified atom stereocenters. The third-order valence-electron chi connectivity index (χ3n) is 1.30. The molecule has 0 aliphatic rings. The average Bonchev–Trinajstić information content (AvgIpc) is 2.01. The lowest BCUT2D eigenvalue weighted by Gasteiger charge is -2.06. The van der Waals surface area contributed by atoms with Gasteiger partial charge in [-0.05, 0) is 6.07 Å². The van der Waals surface area contributed by atoms with E-state index in [0.717, 1.165) is 12.3 Å². The molecule has 0 atom stereocenters. The van der Waals surface area contributed by atoms with Gasteiger partial charge in [0.05, 0.1) is 17.4 Å². The lowest BCUT2D eigenvalue weighted by Crippen LogP contribution is -2.11. The first kappa shape index (κ1) is 9.32. The molecule has 68 valence electrons. The molecular formula is C7H4F3N3. The number of nitriles is 1. The summed E-state index contributed by atoms with van der Waals surface area (Å²) >= 11 is 0. The Hall–Kier alpha value is -1.77. The minimum atomic E-state index is -4.61. The van der Waals surface area contributed by atoms with Crippen LogP contribution >= 0.6 is 0 Å². The van der Waals surface area contributed by atoms with Gasteiger partial charge >= 0.3 is 6.18 Å². The number of hydrogen-bond donors (Lipinski definition) is 1. The zero-order valence-corrected chi connectivity index (χ0v) is 6.26. The predicted octanol–water partition coefficient (Wildman–Crippen LogP) is 1.55. The Morgan fingerprint density at radius 1 is 1.46 bits per heavy atom. The Kier molecular flexibility index (Phi) is 2.10. The highest BCUT2D eigenvalue weighted by atomic mass is 19.4. The molecule has 3 nitrogen and oxygen atoms in total. The molecule has 0 saturated carbocycles. The molecule has 1 aromatic heterocycles. The number of nitrogens with two attached hydrogens (primary N) is 1. The summed E-state index contributed by atoms with van der Waals surface area (Å²) in [5.74, 6) is 0. The second-order valence-electron chi connectivity index (χ2n) is 2.27. The van der Waals surface area contributed by atoms with Crippen molar-refractivity contribution in [2.45, 2.75) is 6.18 Å². The molecular weight excluding hydrogens is 183 g/mol. The molecule has 6 heteroatoms. The van der Waals surface area contributed by atoms with Crippen LogP contribution < -0.4 is 5.73 Å². The van der Waals surface area contributed by atoms with E-state index in [-0.39, 0.29) is 5.69 Å². The summed E-state index contributed by atoms with van der Waals surface area (Å²) in [5.41, 5.74) is 3.43. The fourth-order valence-electron chi connectivity index (χ4n) is 0.792. The summed E-state index contributed by atoms with van der Waals surface area (Å²) in [6.45, 7) is 0. The van der Waals surface area contributed by atoms with E-state index in [1.54, 1.807) is 0 Å². The second-order valence-corrected chi connectivity index (χ2v) is 2.27. The van der Waals surface area contributed by atoms with Gasteiger partial charge in [0.1, 0.15) is 6.07 Å². The SMILES string of the molecule is N#Cc1cc(N)cnc1C(F)(F)F. The van der Waals surface area contributed by atoms with E-state index in [1.807, 2.05) is 0 Å². The number of alkyl halides is 3. The number of aromatic nitrogens is 1. The summed E-state index contributed by atoms with van der Waals surface area (Å²) in [4.78, 5) is 3.05. The van der Waals surface area contributed by atoms with Crippen molar-refractivity contribution in [1.29, 1.82) is 5.26 Å². The maximum Gasteiger partial charge on any atom is 0.434 e. The lowest BCUT2D eigenvalue weighted by molar-refractivity contribution is -0.141. The number of halogens is 3. The Bertz CT molecular complexity index is 364.